The molecule has 1 aliphatic rings. The predicted octanol–water partition coefficient (Wildman–Crippen LogP) is 2.78. The van der Waals surface area contributed by atoms with Gasteiger partial charge in [0, 0.05) is 25.0 Å². The minimum atomic E-state index is 0.125. The predicted molar refractivity (Wildman–Crippen MR) is 75.4 cm³/mol. The van der Waals surface area contributed by atoms with Gasteiger partial charge in [0.15, 0.2) is 0 Å². The maximum atomic E-state index is 12.5. The first kappa shape index (κ1) is 14.1. The fourth-order valence-corrected chi connectivity index (χ4v) is 2.63. The number of nitrogens with zero attached hydrogens (tertiary/aromatic N) is 1. The van der Waals surface area contributed by atoms with Crippen molar-refractivity contribution in [1.82, 2.24) is 9.88 Å². The van der Waals surface area contributed by atoms with Crippen molar-refractivity contribution >= 4 is 5.91 Å². The van der Waals surface area contributed by atoms with Crippen LogP contribution in [0.3, 0.4) is 0 Å². The Hall–Kier alpha value is -1.29. The zero-order valence-corrected chi connectivity index (χ0v) is 12.3. The molecule has 0 bridgehead atoms. The summed E-state index contributed by atoms with van der Waals surface area (Å²) in [7, 11) is 0. The van der Waals surface area contributed by atoms with Gasteiger partial charge in [-0.15, -0.1) is 0 Å². The van der Waals surface area contributed by atoms with Crippen molar-refractivity contribution in [2.45, 2.75) is 52.2 Å². The lowest BCUT2D eigenvalue weighted by molar-refractivity contribution is 0.0139. The van der Waals surface area contributed by atoms with Crippen molar-refractivity contribution in [1.29, 1.82) is 0 Å². The summed E-state index contributed by atoms with van der Waals surface area (Å²) in [5.41, 5.74) is 1.83. The number of carbonyl (C=O) groups is 1. The van der Waals surface area contributed by atoms with Crippen LogP contribution in [0.25, 0.3) is 0 Å². The Morgan fingerprint density at radius 2 is 2.16 bits per heavy atom. The molecule has 1 aromatic rings. The fraction of sp³-hybridized carbons (Fsp3) is 0.667. The molecular weight excluding hydrogens is 240 g/mol. The van der Waals surface area contributed by atoms with Crippen LogP contribution in [0.1, 0.15) is 56.1 Å². The van der Waals surface area contributed by atoms with Crippen molar-refractivity contribution in [2.75, 3.05) is 13.1 Å². The molecular formula is C15H24N2O2. The molecule has 0 unspecified atom stereocenters. The lowest BCUT2D eigenvalue weighted by atomic mass is 10.1. The van der Waals surface area contributed by atoms with E-state index >= 15 is 0 Å². The van der Waals surface area contributed by atoms with Gasteiger partial charge >= 0.3 is 0 Å². The zero-order valence-electron chi connectivity index (χ0n) is 12.3. The highest BCUT2D eigenvalue weighted by molar-refractivity contribution is 5.95. The van der Waals surface area contributed by atoms with E-state index in [1.807, 2.05) is 31.0 Å². The maximum Gasteiger partial charge on any atom is 0.255 e. The largest absolute Gasteiger partial charge is 0.374 e. The van der Waals surface area contributed by atoms with Crippen LogP contribution >= 0.6 is 0 Å². The summed E-state index contributed by atoms with van der Waals surface area (Å²) >= 11 is 0. The van der Waals surface area contributed by atoms with Gasteiger partial charge in [0.1, 0.15) is 0 Å². The molecule has 1 fully saturated rings. The number of aromatic nitrogens is 1. The smallest absolute Gasteiger partial charge is 0.255 e. The van der Waals surface area contributed by atoms with E-state index in [-0.39, 0.29) is 18.1 Å². The molecule has 1 aliphatic heterocycles. The van der Waals surface area contributed by atoms with E-state index in [0.717, 1.165) is 24.2 Å². The number of carbonyl (C=O) groups excluding carboxylic acids is 1. The van der Waals surface area contributed by atoms with Crippen molar-refractivity contribution in [3.05, 3.63) is 23.5 Å². The number of aromatic amines is 1. The average molecular weight is 264 g/mol. The van der Waals surface area contributed by atoms with Crippen LogP contribution in [0.4, 0.5) is 0 Å². The lowest BCUT2D eigenvalue weighted by Gasteiger charge is -2.18. The summed E-state index contributed by atoms with van der Waals surface area (Å²) in [5, 5.41) is 0. The van der Waals surface area contributed by atoms with E-state index in [0.29, 0.717) is 12.5 Å². The number of likely N-dealkylation sites (tertiary alicyclic amines) is 1. The Morgan fingerprint density at radius 1 is 1.42 bits per heavy atom. The van der Waals surface area contributed by atoms with E-state index in [9.17, 15) is 4.79 Å². The van der Waals surface area contributed by atoms with E-state index < -0.39 is 0 Å². The van der Waals surface area contributed by atoms with Gasteiger partial charge in [-0.25, -0.2) is 0 Å². The second-order valence-electron chi connectivity index (χ2n) is 5.81. The molecule has 2 rings (SSSR count). The standard InChI is InChI=1S/C15H24N2O2/c1-10(2)14-13(5-7-16-14)15(18)17-8-6-12(9-17)19-11(3)4/h5,7,10-12,16H,6,8-9H2,1-4H3/t12-/m1/s1. The average Bonchev–Trinajstić information content (AvgIpc) is 2.94. The molecule has 1 N–H and O–H groups in total. The second-order valence-corrected chi connectivity index (χ2v) is 5.81. The third-order valence-electron chi connectivity index (χ3n) is 3.48. The number of rotatable bonds is 4. The number of amides is 1. The lowest BCUT2D eigenvalue weighted by Crippen LogP contribution is -2.31. The highest BCUT2D eigenvalue weighted by Gasteiger charge is 2.29. The first-order valence-electron chi connectivity index (χ1n) is 7.11. The molecule has 4 heteroatoms. The molecule has 1 aromatic heterocycles. The number of nitrogens with one attached hydrogen (secondary N) is 1. The molecule has 0 aromatic carbocycles. The van der Waals surface area contributed by atoms with E-state index in [1.54, 1.807) is 0 Å². The topological polar surface area (TPSA) is 45.3 Å². The van der Waals surface area contributed by atoms with Gasteiger partial charge in [0.05, 0.1) is 17.8 Å². The Balaban J connectivity index is 2.03. The number of H-pyrrole nitrogens is 1. The number of hydrogen-bond acceptors (Lipinski definition) is 2. The molecule has 4 nitrogen and oxygen atoms in total. The highest BCUT2D eigenvalue weighted by Crippen LogP contribution is 2.22. The summed E-state index contributed by atoms with van der Waals surface area (Å²) in [6.07, 6.45) is 3.19. The van der Waals surface area contributed by atoms with Gasteiger partial charge in [-0.1, -0.05) is 13.8 Å². The Kier molecular flexibility index (Phi) is 4.30. The second kappa shape index (κ2) is 5.78. The van der Waals surface area contributed by atoms with Crippen LogP contribution < -0.4 is 0 Å². The molecule has 1 atom stereocenters. The van der Waals surface area contributed by atoms with Crippen molar-refractivity contribution in [3.8, 4) is 0 Å². The van der Waals surface area contributed by atoms with Crippen LogP contribution in [0, 0.1) is 0 Å². The molecule has 19 heavy (non-hydrogen) atoms. The summed E-state index contributed by atoms with van der Waals surface area (Å²) in [5.74, 6) is 0.457. The molecule has 1 saturated heterocycles. The van der Waals surface area contributed by atoms with Gasteiger partial charge in [0.2, 0.25) is 0 Å². The maximum absolute atomic E-state index is 12.5. The van der Waals surface area contributed by atoms with Crippen LogP contribution in [-0.4, -0.2) is 41.1 Å². The van der Waals surface area contributed by atoms with Gasteiger partial charge in [-0.2, -0.15) is 0 Å². The molecule has 2 heterocycles. The van der Waals surface area contributed by atoms with Crippen LogP contribution in [0.5, 0.6) is 0 Å². The minimum Gasteiger partial charge on any atom is -0.374 e. The van der Waals surface area contributed by atoms with Gasteiger partial charge < -0.3 is 14.6 Å². The van der Waals surface area contributed by atoms with Gasteiger partial charge in [-0.05, 0) is 32.3 Å². The molecule has 1 amide bonds. The SMILES string of the molecule is CC(C)O[C@@H]1CCN(C(=O)c2cc[nH]c2C(C)C)C1. The molecule has 0 aliphatic carbocycles. The first-order valence-corrected chi connectivity index (χ1v) is 7.11. The van der Waals surface area contributed by atoms with Crippen molar-refractivity contribution in [2.24, 2.45) is 0 Å². The number of hydrogen-bond donors (Lipinski definition) is 1. The molecule has 0 radical (unpaired) electrons. The zero-order chi connectivity index (χ0) is 14.0. The summed E-state index contributed by atoms with van der Waals surface area (Å²) in [4.78, 5) is 17.6. The van der Waals surface area contributed by atoms with Gasteiger partial charge in [0.25, 0.3) is 5.91 Å². The van der Waals surface area contributed by atoms with E-state index in [1.165, 1.54) is 0 Å². The Morgan fingerprint density at radius 3 is 2.79 bits per heavy atom. The molecule has 0 saturated carbocycles. The summed E-state index contributed by atoms with van der Waals surface area (Å²) in [6, 6.07) is 1.88. The minimum absolute atomic E-state index is 0.125. The van der Waals surface area contributed by atoms with E-state index in [2.05, 4.69) is 18.8 Å². The quantitative estimate of drug-likeness (QED) is 0.909. The normalized spacial score (nSPS) is 19.7. The van der Waals surface area contributed by atoms with Crippen molar-refractivity contribution in [3.63, 3.8) is 0 Å². The van der Waals surface area contributed by atoms with Gasteiger partial charge in [-0.3, -0.25) is 4.79 Å². The van der Waals surface area contributed by atoms with Crippen LogP contribution in [-0.2, 0) is 4.74 Å². The molecule has 0 spiro atoms. The summed E-state index contributed by atoms with van der Waals surface area (Å²) in [6.45, 7) is 9.76. The van der Waals surface area contributed by atoms with Crippen molar-refractivity contribution < 1.29 is 9.53 Å². The monoisotopic (exact) mass is 264 g/mol. The fourth-order valence-electron chi connectivity index (χ4n) is 2.63. The third-order valence-corrected chi connectivity index (χ3v) is 3.48. The number of ether oxygens (including phenoxy) is 1. The van der Waals surface area contributed by atoms with Crippen LogP contribution in [0.15, 0.2) is 12.3 Å². The summed E-state index contributed by atoms with van der Waals surface area (Å²) < 4.78 is 5.78. The Bertz CT molecular complexity index is 437. The molecule has 106 valence electrons. The van der Waals surface area contributed by atoms with E-state index in [4.69, 9.17) is 4.74 Å². The highest BCUT2D eigenvalue weighted by atomic mass is 16.5. The third kappa shape index (κ3) is 3.18. The Labute approximate surface area is 115 Å². The van der Waals surface area contributed by atoms with Crippen LogP contribution in [0.2, 0.25) is 0 Å². The first-order chi connectivity index (χ1) is 8.99.